The minimum Gasteiger partial charge on any atom is -0.398 e. The number of halogens is 1. The Morgan fingerprint density at radius 2 is 1.77 bits per heavy atom. The SMILES string of the molecule is Cc1cc(Br)cc(C(C)(C)C)c1N. The Morgan fingerprint density at radius 3 is 2.23 bits per heavy atom. The van der Waals surface area contributed by atoms with Crippen molar-refractivity contribution in [2.75, 3.05) is 5.73 Å². The molecule has 0 saturated heterocycles. The van der Waals surface area contributed by atoms with Crippen LogP contribution < -0.4 is 5.73 Å². The summed E-state index contributed by atoms with van der Waals surface area (Å²) >= 11 is 3.48. The van der Waals surface area contributed by atoms with Crippen molar-refractivity contribution in [2.45, 2.75) is 33.1 Å². The maximum Gasteiger partial charge on any atom is 0.0382 e. The lowest BCUT2D eigenvalue weighted by Crippen LogP contribution is -2.14. The third-order valence-corrected chi connectivity index (χ3v) is 2.62. The van der Waals surface area contributed by atoms with Crippen LogP contribution in [0.1, 0.15) is 31.9 Å². The van der Waals surface area contributed by atoms with Gasteiger partial charge in [0.1, 0.15) is 0 Å². The maximum absolute atomic E-state index is 6.02. The first-order valence-electron chi connectivity index (χ1n) is 4.38. The first-order valence-corrected chi connectivity index (χ1v) is 5.18. The topological polar surface area (TPSA) is 26.0 Å². The molecule has 1 nitrogen and oxygen atoms in total. The van der Waals surface area contributed by atoms with E-state index < -0.39 is 0 Å². The third-order valence-electron chi connectivity index (χ3n) is 2.16. The van der Waals surface area contributed by atoms with Crippen molar-refractivity contribution in [2.24, 2.45) is 0 Å². The molecule has 0 aliphatic heterocycles. The number of hydrogen-bond donors (Lipinski definition) is 1. The summed E-state index contributed by atoms with van der Waals surface area (Å²) in [5, 5.41) is 0. The molecule has 1 rings (SSSR count). The molecule has 0 spiro atoms. The molecule has 0 unspecified atom stereocenters. The molecule has 0 aromatic heterocycles. The summed E-state index contributed by atoms with van der Waals surface area (Å²) in [6.45, 7) is 8.55. The molecule has 0 saturated carbocycles. The highest BCUT2D eigenvalue weighted by molar-refractivity contribution is 9.10. The number of aryl methyl sites for hydroxylation is 1. The minimum absolute atomic E-state index is 0.110. The Kier molecular flexibility index (Phi) is 2.71. The van der Waals surface area contributed by atoms with Crippen molar-refractivity contribution < 1.29 is 0 Å². The fourth-order valence-corrected chi connectivity index (χ4v) is 1.95. The molecule has 1 aromatic carbocycles. The summed E-state index contributed by atoms with van der Waals surface area (Å²) in [7, 11) is 0. The van der Waals surface area contributed by atoms with E-state index >= 15 is 0 Å². The smallest absolute Gasteiger partial charge is 0.0382 e. The zero-order valence-corrected chi connectivity index (χ0v) is 10.2. The van der Waals surface area contributed by atoms with Crippen LogP contribution in [0.25, 0.3) is 0 Å². The van der Waals surface area contributed by atoms with Crippen molar-refractivity contribution in [1.29, 1.82) is 0 Å². The molecule has 0 aliphatic rings. The average Bonchev–Trinajstić information content (AvgIpc) is 1.94. The predicted octanol–water partition coefficient (Wildman–Crippen LogP) is 3.64. The van der Waals surface area contributed by atoms with Crippen molar-refractivity contribution in [1.82, 2.24) is 0 Å². The number of hydrogen-bond acceptors (Lipinski definition) is 1. The van der Waals surface area contributed by atoms with Crippen LogP contribution in [0.3, 0.4) is 0 Å². The van der Waals surface area contributed by atoms with Gasteiger partial charge in [0.25, 0.3) is 0 Å². The van der Waals surface area contributed by atoms with E-state index in [0.717, 1.165) is 15.7 Å². The first-order chi connectivity index (χ1) is 5.82. The Balaban J connectivity index is 3.37. The molecule has 72 valence electrons. The largest absolute Gasteiger partial charge is 0.398 e. The summed E-state index contributed by atoms with van der Waals surface area (Å²) in [4.78, 5) is 0. The van der Waals surface area contributed by atoms with E-state index in [9.17, 15) is 0 Å². The van der Waals surface area contributed by atoms with Gasteiger partial charge >= 0.3 is 0 Å². The van der Waals surface area contributed by atoms with Crippen LogP contribution in [0, 0.1) is 6.92 Å². The van der Waals surface area contributed by atoms with Gasteiger partial charge in [-0.25, -0.2) is 0 Å². The van der Waals surface area contributed by atoms with Gasteiger partial charge in [0.05, 0.1) is 0 Å². The molecule has 0 radical (unpaired) electrons. The van der Waals surface area contributed by atoms with Gasteiger partial charge in [-0.1, -0.05) is 36.7 Å². The molecular formula is C11H16BrN. The van der Waals surface area contributed by atoms with Gasteiger partial charge in [-0.15, -0.1) is 0 Å². The molecule has 13 heavy (non-hydrogen) atoms. The normalized spacial score (nSPS) is 11.8. The molecule has 0 bridgehead atoms. The van der Waals surface area contributed by atoms with Gasteiger partial charge in [-0.3, -0.25) is 0 Å². The van der Waals surface area contributed by atoms with Gasteiger partial charge in [-0.05, 0) is 35.6 Å². The second-order valence-corrected chi connectivity index (χ2v) is 5.35. The molecule has 0 amide bonds. The maximum atomic E-state index is 6.02. The number of benzene rings is 1. The third kappa shape index (κ3) is 2.25. The molecule has 0 atom stereocenters. The summed E-state index contributed by atoms with van der Waals surface area (Å²) in [6.07, 6.45) is 0. The summed E-state index contributed by atoms with van der Waals surface area (Å²) in [5.74, 6) is 0. The van der Waals surface area contributed by atoms with Gasteiger partial charge < -0.3 is 5.73 Å². The summed E-state index contributed by atoms with van der Waals surface area (Å²) in [5.41, 5.74) is 9.39. The van der Waals surface area contributed by atoms with Gasteiger partial charge in [-0.2, -0.15) is 0 Å². The summed E-state index contributed by atoms with van der Waals surface area (Å²) < 4.78 is 1.10. The van der Waals surface area contributed by atoms with Crippen molar-refractivity contribution in [3.63, 3.8) is 0 Å². The molecule has 2 heteroatoms. The lowest BCUT2D eigenvalue weighted by atomic mass is 9.85. The first kappa shape index (κ1) is 10.6. The molecular weight excluding hydrogens is 226 g/mol. The molecule has 0 aliphatic carbocycles. The number of anilines is 1. The predicted molar refractivity (Wildman–Crippen MR) is 62.0 cm³/mol. The van der Waals surface area contributed by atoms with Crippen LogP contribution >= 0.6 is 15.9 Å². The van der Waals surface area contributed by atoms with Crippen molar-refractivity contribution in [3.8, 4) is 0 Å². The highest BCUT2D eigenvalue weighted by Gasteiger charge is 2.18. The highest BCUT2D eigenvalue weighted by Crippen LogP contribution is 2.32. The van der Waals surface area contributed by atoms with Crippen LogP contribution in [0.5, 0.6) is 0 Å². The van der Waals surface area contributed by atoms with Crippen molar-refractivity contribution in [3.05, 3.63) is 27.7 Å². The monoisotopic (exact) mass is 241 g/mol. The number of nitrogen functional groups attached to an aromatic ring is 1. The fraction of sp³-hybridized carbons (Fsp3) is 0.455. The quantitative estimate of drug-likeness (QED) is 0.690. The zero-order chi connectivity index (χ0) is 10.2. The van der Waals surface area contributed by atoms with Crippen molar-refractivity contribution >= 4 is 21.6 Å². The van der Waals surface area contributed by atoms with Gasteiger partial charge in [0, 0.05) is 10.2 Å². The second kappa shape index (κ2) is 3.33. The van der Waals surface area contributed by atoms with Crippen LogP contribution in [0.4, 0.5) is 5.69 Å². The fourth-order valence-electron chi connectivity index (χ4n) is 1.37. The minimum atomic E-state index is 0.110. The van der Waals surface area contributed by atoms with E-state index in [1.165, 1.54) is 5.56 Å². The Morgan fingerprint density at radius 1 is 1.23 bits per heavy atom. The molecule has 0 heterocycles. The van der Waals surface area contributed by atoms with E-state index in [1.807, 2.05) is 13.0 Å². The lowest BCUT2D eigenvalue weighted by molar-refractivity contribution is 0.592. The molecule has 1 aromatic rings. The van der Waals surface area contributed by atoms with E-state index in [-0.39, 0.29) is 5.41 Å². The zero-order valence-electron chi connectivity index (χ0n) is 8.61. The summed E-state index contributed by atoms with van der Waals surface area (Å²) in [6, 6.07) is 4.15. The van der Waals surface area contributed by atoms with E-state index in [0.29, 0.717) is 0 Å². The average molecular weight is 242 g/mol. The van der Waals surface area contributed by atoms with Crippen LogP contribution in [0.2, 0.25) is 0 Å². The second-order valence-electron chi connectivity index (χ2n) is 4.43. The molecule has 2 N–H and O–H groups in total. The lowest BCUT2D eigenvalue weighted by Gasteiger charge is -2.22. The standard InChI is InChI=1S/C11H16BrN/c1-7-5-8(12)6-9(10(7)13)11(2,3)4/h5-6H,13H2,1-4H3. The Bertz CT molecular complexity index is 324. The van der Waals surface area contributed by atoms with Crippen LogP contribution in [-0.4, -0.2) is 0 Å². The van der Waals surface area contributed by atoms with Crippen LogP contribution in [0.15, 0.2) is 16.6 Å². The van der Waals surface area contributed by atoms with E-state index in [2.05, 4.69) is 42.8 Å². The Hall–Kier alpha value is -0.500. The van der Waals surface area contributed by atoms with Crippen LogP contribution in [-0.2, 0) is 5.41 Å². The van der Waals surface area contributed by atoms with Gasteiger partial charge in [0.15, 0.2) is 0 Å². The Labute approximate surface area is 88.5 Å². The molecule has 0 fully saturated rings. The highest BCUT2D eigenvalue weighted by atomic mass is 79.9. The van der Waals surface area contributed by atoms with Gasteiger partial charge in [0.2, 0.25) is 0 Å². The number of nitrogens with two attached hydrogens (primary N) is 1. The van der Waals surface area contributed by atoms with E-state index in [4.69, 9.17) is 5.73 Å². The van der Waals surface area contributed by atoms with E-state index in [1.54, 1.807) is 0 Å². The number of rotatable bonds is 0.